The van der Waals surface area contributed by atoms with E-state index in [2.05, 4.69) is 44.0 Å². The van der Waals surface area contributed by atoms with Crippen LogP contribution < -0.4 is 30.0 Å². The third-order valence-corrected chi connectivity index (χ3v) is 11.5. The van der Waals surface area contributed by atoms with Crippen molar-refractivity contribution in [2.75, 3.05) is 37.2 Å². The van der Waals surface area contributed by atoms with Gasteiger partial charge >= 0.3 is 12.6 Å². The number of nitrogens with two attached hydrogens (primary N) is 1. The maximum atomic E-state index is 14.9. The molecular weight excluding hydrogens is 728 g/mol. The van der Waals surface area contributed by atoms with Crippen molar-refractivity contribution in [3.63, 3.8) is 0 Å². The highest BCUT2D eigenvalue weighted by molar-refractivity contribution is 6.02. The van der Waals surface area contributed by atoms with Gasteiger partial charge in [0.05, 0.1) is 11.1 Å². The van der Waals surface area contributed by atoms with Crippen LogP contribution in [-0.2, 0) is 12.8 Å². The number of ether oxygens (including phenoxy) is 4. The summed E-state index contributed by atoms with van der Waals surface area (Å²) in [5, 5.41) is 13.0. The number of nitrogen functional groups attached to an aromatic ring is 1. The Balaban J connectivity index is 1.03. The largest absolute Gasteiger partial charge is 0.586 e. The summed E-state index contributed by atoms with van der Waals surface area (Å²) < 4.78 is 80.9. The molecule has 0 bridgehead atoms. The molecule has 1 aliphatic carbocycles. The molecule has 3 N–H and O–H groups in total. The van der Waals surface area contributed by atoms with E-state index in [0.29, 0.717) is 42.0 Å². The summed E-state index contributed by atoms with van der Waals surface area (Å²) in [5.41, 5.74) is 6.78. The van der Waals surface area contributed by atoms with Crippen LogP contribution in [0.2, 0.25) is 0 Å². The monoisotopic (exact) mass is 762 g/mol. The molecule has 3 fully saturated rings. The Morgan fingerprint density at radius 3 is 2.16 bits per heavy atom. The summed E-state index contributed by atoms with van der Waals surface area (Å²) >= 11 is 0. The fraction of sp³-hybridized carbons (Fsp3) is 0.486. The highest BCUT2D eigenvalue weighted by Crippen LogP contribution is 2.52. The topological polar surface area (TPSA) is 168 Å². The van der Waals surface area contributed by atoms with E-state index in [0.717, 1.165) is 50.9 Å². The van der Waals surface area contributed by atoms with Gasteiger partial charge in [-0.3, -0.25) is 4.90 Å². The van der Waals surface area contributed by atoms with Gasteiger partial charge in [-0.1, -0.05) is 0 Å². The molecule has 2 aromatic carbocycles. The lowest BCUT2D eigenvalue weighted by Gasteiger charge is -2.25. The molecule has 11 rings (SSSR count). The Morgan fingerprint density at radius 2 is 1.40 bits per heavy atom. The maximum Gasteiger partial charge on any atom is 0.586 e. The zero-order valence-electron chi connectivity index (χ0n) is 29.6. The van der Waals surface area contributed by atoms with Gasteiger partial charge in [-0.15, -0.1) is 27.8 Å². The quantitative estimate of drug-likeness (QED) is 0.204. The number of hydrogen-bond acceptors (Lipinski definition) is 14. The number of alkyl halides is 4. The number of hydrogen-bond donors (Lipinski definition) is 2. The summed E-state index contributed by atoms with van der Waals surface area (Å²) in [4.78, 5) is 23.4. The lowest BCUT2D eigenvalue weighted by atomic mass is 10.1. The van der Waals surface area contributed by atoms with E-state index in [9.17, 15) is 17.6 Å². The first kappa shape index (κ1) is 32.9. The minimum Gasteiger partial charge on any atom is -0.395 e. The number of aromatic nitrogens is 8. The number of piperidine rings is 1. The maximum absolute atomic E-state index is 14.9. The van der Waals surface area contributed by atoms with Crippen molar-refractivity contribution in [1.82, 2.24) is 49.0 Å². The van der Waals surface area contributed by atoms with Crippen molar-refractivity contribution in [2.45, 2.75) is 70.6 Å². The van der Waals surface area contributed by atoms with E-state index in [1.165, 1.54) is 27.6 Å². The van der Waals surface area contributed by atoms with Gasteiger partial charge < -0.3 is 34.9 Å². The van der Waals surface area contributed by atoms with E-state index in [4.69, 9.17) is 39.7 Å². The molecule has 4 atom stereocenters. The highest BCUT2D eigenvalue weighted by Gasteiger charge is 2.48. The third-order valence-electron chi connectivity index (χ3n) is 11.5. The highest BCUT2D eigenvalue weighted by atomic mass is 19.3. The van der Waals surface area contributed by atoms with Crippen molar-refractivity contribution in [2.24, 2.45) is 11.8 Å². The molecule has 1 saturated carbocycles. The Labute approximate surface area is 308 Å². The Morgan fingerprint density at radius 1 is 0.764 bits per heavy atom. The van der Waals surface area contributed by atoms with Crippen molar-refractivity contribution in [3.8, 4) is 23.0 Å². The molecule has 6 aromatic rings. The third kappa shape index (κ3) is 5.31. The van der Waals surface area contributed by atoms with E-state index < -0.39 is 18.3 Å². The predicted octanol–water partition coefficient (Wildman–Crippen LogP) is 4.75. The first-order valence-electron chi connectivity index (χ1n) is 18.4. The molecule has 0 spiro atoms. The smallest absolute Gasteiger partial charge is 0.395 e. The molecular formula is C35H34F4N12O4. The van der Waals surface area contributed by atoms with E-state index in [1.807, 2.05) is 0 Å². The number of nitrogens with one attached hydrogen (secondary N) is 1. The number of fused-ring (bicyclic) bond motifs is 11. The number of benzene rings is 2. The van der Waals surface area contributed by atoms with Gasteiger partial charge in [0.1, 0.15) is 11.0 Å². The summed E-state index contributed by atoms with van der Waals surface area (Å²) in [6.45, 7) is 7.92. The lowest BCUT2D eigenvalue weighted by Crippen LogP contribution is -2.34. The second kappa shape index (κ2) is 11.3. The van der Waals surface area contributed by atoms with E-state index >= 15 is 0 Å². The average molecular weight is 763 g/mol. The molecule has 55 heavy (non-hydrogen) atoms. The van der Waals surface area contributed by atoms with Gasteiger partial charge in [0.25, 0.3) is 0 Å². The normalized spacial score (nSPS) is 24.9. The van der Waals surface area contributed by atoms with E-state index in [-0.39, 0.29) is 62.5 Å². The van der Waals surface area contributed by atoms with Crippen LogP contribution in [0.5, 0.6) is 23.0 Å². The van der Waals surface area contributed by atoms with Crippen LogP contribution in [0.1, 0.15) is 44.8 Å². The van der Waals surface area contributed by atoms with Crippen LogP contribution in [0.3, 0.4) is 0 Å². The second-order valence-corrected chi connectivity index (χ2v) is 15.2. The minimum atomic E-state index is -4.06. The Kier molecular flexibility index (Phi) is 6.74. The minimum absolute atomic E-state index is 0.0104. The van der Waals surface area contributed by atoms with Gasteiger partial charge in [-0.25, -0.2) is 19.9 Å². The number of nitrogens with zero attached hydrogens (tertiary/aromatic N) is 10. The average Bonchev–Trinajstić information content (AvgIpc) is 3.77. The standard InChI is InChI=1S/C35H34F4N12O4/c1-15-3-4-16(2)49(15)10-8-24-43-31-20-12-21(27-29(55-35(38,39)53-27)26(20)44-32(40)50(31)46-24)41-33-45-25-19(5-6-22-28(25)54-34(36,37)52-22)30-42-23(47-51(30)33)7-9-48-13-17-11-18(17)14-48/h5-6,12,15-18H,3-4,7-11,13-14H2,1-2H3,(H2,40,44)(H,41,45). The number of halogens is 4. The molecule has 286 valence electrons. The van der Waals surface area contributed by atoms with Gasteiger partial charge in [0.15, 0.2) is 40.2 Å². The SMILES string of the molecule is CC1CCC(C)N1CCc1nc2c3cc(Nc4nc5c6c(ccc5c5nc(CCN7CC8CC8C7)nn45)OC(F)(F)O6)c4c(c3nc(N)n2n1)OC(F)(F)O4. The summed E-state index contributed by atoms with van der Waals surface area (Å²) in [6.07, 6.45) is -3.46. The molecule has 20 heteroatoms. The van der Waals surface area contributed by atoms with Crippen LogP contribution in [0.4, 0.5) is 35.1 Å². The first-order chi connectivity index (χ1) is 26.4. The Hall–Kier alpha value is -5.50. The first-order valence-corrected chi connectivity index (χ1v) is 18.4. The molecule has 4 aromatic heterocycles. The fourth-order valence-electron chi connectivity index (χ4n) is 8.70. The molecule has 0 radical (unpaired) electrons. The van der Waals surface area contributed by atoms with Crippen molar-refractivity contribution >= 4 is 50.7 Å². The number of rotatable bonds is 8. The van der Waals surface area contributed by atoms with Crippen LogP contribution in [0, 0.1) is 11.8 Å². The van der Waals surface area contributed by atoms with Crippen molar-refractivity contribution in [3.05, 3.63) is 29.8 Å². The fourth-order valence-corrected chi connectivity index (χ4v) is 8.70. The second-order valence-electron chi connectivity index (χ2n) is 15.2. The molecule has 16 nitrogen and oxygen atoms in total. The molecule has 8 heterocycles. The van der Waals surface area contributed by atoms with Crippen molar-refractivity contribution < 1.29 is 36.5 Å². The van der Waals surface area contributed by atoms with Gasteiger partial charge in [-0.05, 0) is 63.1 Å². The van der Waals surface area contributed by atoms with Gasteiger partial charge in [0.2, 0.25) is 17.6 Å². The molecule has 4 aliphatic heterocycles. The number of likely N-dealkylation sites (tertiary alicyclic amines) is 2. The summed E-state index contributed by atoms with van der Waals surface area (Å²) in [6, 6.07) is 5.26. The van der Waals surface area contributed by atoms with Crippen molar-refractivity contribution in [1.29, 1.82) is 0 Å². The van der Waals surface area contributed by atoms with Crippen LogP contribution in [0.15, 0.2) is 18.2 Å². The lowest BCUT2D eigenvalue weighted by molar-refractivity contribution is -0.287. The van der Waals surface area contributed by atoms with Crippen LogP contribution >= 0.6 is 0 Å². The van der Waals surface area contributed by atoms with E-state index in [1.54, 1.807) is 6.07 Å². The molecule has 2 saturated heterocycles. The zero-order valence-corrected chi connectivity index (χ0v) is 29.6. The predicted molar refractivity (Wildman–Crippen MR) is 187 cm³/mol. The summed E-state index contributed by atoms with van der Waals surface area (Å²) in [7, 11) is 0. The molecule has 0 amide bonds. The Bertz CT molecular complexity index is 2580. The zero-order chi connectivity index (χ0) is 37.5. The van der Waals surface area contributed by atoms with Gasteiger partial charge in [0, 0.05) is 56.5 Å². The molecule has 5 aliphatic rings. The van der Waals surface area contributed by atoms with Gasteiger partial charge in [-0.2, -0.15) is 9.03 Å². The van der Waals surface area contributed by atoms with Crippen LogP contribution in [-0.4, -0.2) is 99.8 Å². The summed E-state index contributed by atoms with van der Waals surface area (Å²) in [5.74, 6) is 1.02. The number of anilines is 3. The van der Waals surface area contributed by atoms with Crippen LogP contribution in [0.25, 0.3) is 33.1 Å². The molecule has 4 unspecified atom stereocenters.